The third kappa shape index (κ3) is 4.45. The van der Waals surface area contributed by atoms with Crippen LogP contribution in [0.2, 0.25) is 5.02 Å². The van der Waals surface area contributed by atoms with Gasteiger partial charge in [-0.3, -0.25) is 9.59 Å². The highest BCUT2D eigenvalue weighted by molar-refractivity contribution is 8.00. The molecule has 2 amide bonds. The summed E-state index contributed by atoms with van der Waals surface area (Å²) >= 11 is 7.27. The van der Waals surface area contributed by atoms with E-state index in [1.54, 1.807) is 19.1 Å². The number of carbonyl (C=O) groups excluding carboxylic acids is 3. The fourth-order valence-corrected chi connectivity index (χ4v) is 3.59. The Hall–Kier alpha value is -2.58. The predicted molar refractivity (Wildman–Crippen MR) is 105 cm³/mol. The molecule has 0 radical (unpaired) electrons. The first-order chi connectivity index (χ1) is 13.2. The van der Waals surface area contributed by atoms with Crippen LogP contribution in [-0.2, 0) is 14.3 Å². The van der Waals surface area contributed by atoms with Crippen LogP contribution in [0.3, 0.4) is 0 Å². The first-order valence-electron chi connectivity index (χ1n) is 8.33. The number of fused-ring (bicyclic) bond motifs is 1. The van der Waals surface area contributed by atoms with Gasteiger partial charge in [-0.05, 0) is 50.2 Å². The standard InChI is InChI=1S/C19H16ClFN2O4S/c1-9(17(24)22-14-5-4-12(21)8-13(14)20)27-19(26)11-3-6-16-15(7-11)23-18(25)10(2)28-16/h3-10H,1-2H3,(H,22,24)(H,23,25)/t9-,10+/m1/s1. The van der Waals surface area contributed by atoms with Crippen LogP contribution in [0.4, 0.5) is 15.8 Å². The van der Waals surface area contributed by atoms with E-state index in [9.17, 15) is 18.8 Å². The normalized spacial score (nSPS) is 16.6. The highest BCUT2D eigenvalue weighted by Gasteiger charge is 2.25. The Morgan fingerprint density at radius 3 is 2.75 bits per heavy atom. The van der Waals surface area contributed by atoms with Gasteiger partial charge in [0.15, 0.2) is 6.10 Å². The van der Waals surface area contributed by atoms with Crippen LogP contribution >= 0.6 is 23.4 Å². The molecule has 0 aliphatic carbocycles. The Labute approximate surface area is 169 Å². The molecular formula is C19H16ClFN2O4S. The summed E-state index contributed by atoms with van der Waals surface area (Å²) in [6.45, 7) is 3.20. The molecule has 1 aliphatic rings. The third-order valence-electron chi connectivity index (χ3n) is 3.99. The van der Waals surface area contributed by atoms with Crippen LogP contribution in [-0.4, -0.2) is 29.1 Å². The molecule has 0 spiro atoms. The van der Waals surface area contributed by atoms with E-state index in [0.717, 1.165) is 17.0 Å². The number of nitrogens with one attached hydrogen (secondary N) is 2. The van der Waals surface area contributed by atoms with Crippen molar-refractivity contribution in [3.05, 3.63) is 52.8 Å². The Morgan fingerprint density at radius 1 is 1.29 bits per heavy atom. The maximum absolute atomic E-state index is 13.1. The SMILES string of the molecule is C[C@@H]1Sc2ccc(C(=O)O[C@H](C)C(=O)Nc3ccc(F)cc3Cl)cc2NC1=O. The van der Waals surface area contributed by atoms with E-state index < -0.39 is 23.8 Å². The molecule has 9 heteroatoms. The molecular weight excluding hydrogens is 407 g/mol. The molecule has 6 nitrogen and oxygen atoms in total. The second-order valence-electron chi connectivity index (χ2n) is 6.12. The summed E-state index contributed by atoms with van der Waals surface area (Å²) in [5.41, 5.74) is 0.935. The third-order valence-corrected chi connectivity index (χ3v) is 5.48. The molecule has 1 aliphatic heterocycles. The Bertz CT molecular complexity index is 969. The maximum Gasteiger partial charge on any atom is 0.338 e. The lowest BCUT2D eigenvalue weighted by atomic mass is 10.2. The molecule has 0 saturated carbocycles. The van der Waals surface area contributed by atoms with Crippen molar-refractivity contribution in [1.82, 2.24) is 0 Å². The van der Waals surface area contributed by atoms with E-state index in [2.05, 4.69) is 10.6 Å². The predicted octanol–water partition coefficient (Wildman–Crippen LogP) is 4.10. The van der Waals surface area contributed by atoms with Gasteiger partial charge in [0.05, 0.1) is 27.2 Å². The Morgan fingerprint density at radius 2 is 2.04 bits per heavy atom. The topological polar surface area (TPSA) is 84.5 Å². The van der Waals surface area contributed by atoms with E-state index in [-0.39, 0.29) is 27.4 Å². The van der Waals surface area contributed by atoms with Crippen LogP contribution in [0.15, 0.2) is 41.3 Å². The summed E-state index contributed by atoms with van der Waals surface area (Å²) in [7, 11) is 0. The molecule has 0 aromatic heterocycles. The van der Waals surface area contributed by atoms with Gasteiger partial charge in [-0.1, -0.05) is 11.6 Å². The van der Waals surface area contributed by atoms with Crippen LogP contribution in [0.25, 0.3) is 0 Å². The van der Waals surface area contributed by atoms with Crippen molar-refractivity contribution in [1.29, 1.82) is 0 Å². The molecule has 2 atom stereocenters. The molecule has 0 unspecified atom stereocenters. The van der Waals surface area contributed by atoms with Crippen molar-refractivity contribution < 1.29 is 23.5 Å². The average molecular weight is 423 g/mol. The van der Waals surface area contributed by atoms with Crippen molar-refractivity contribution >= 4 is 52.5 Å². The van der Waals surface area contributed by atoms with Crippen LogP contribution in [0.1, 0.15) is 24.2 Å². The zero-order chi connectivity index (χ0) is 20.4. The number of benzene rings is 2. The quantitative estimate of drug-likeness (QED) is 0.725. The molecule has 3 rings (SSSR count). The molecule has 1 heterocycles. The highest BCUT2D eigenvalue weighted by Crippen LogP contribution is 2.36. The monoisotopic (exact) mass is 422 g/mol. The maximum atomic E-state index is 13.1. The number of hydrogen-bond donors (Lipinski definition) is 2. The molecule has 2 aromatic carbocycles. The second kappa shape index (κ2) is 8.20. The molecule has 2 N–H and O–H groups in total. The molecule has 0 bridgehead atoms. The van der Waals surface area contributed by atoms with Crippen LogP contribution in [0, 0.1) is 5.82 Å². The van der Waals surface area contributed by atoms with Gasteiger partial charge in [0, 0.05) is 4.90 Å². The second-order valence-corrected chi connectivity index (χ2v) is 7.91. The number of anilines is 2. The molecule has 0 fully saturated rings. The summed E-state index contributed by atoms with van der Waals surface area (Å²) in [5, 5.41) is 5.03. The molecule has 146 valence electrons. The first-order valence-corrected chi connectivity index (χ1v) is 9.59. The lowest BCUT2D eigenvalue weighted by Crippen LogP contribution is -2.30. The average Bonchev–Trinajstić information content (AvgIpc) is 2.64. The van der Waals surface area contributed by atoms with Crippen LogP contribution < -0.4 is 10.6 Å². The minimum atomic E-state index is -1.12. The summed E-state index contributed by atoms with van der Waals surface area (Å²) in [6, 6.07) is 8.33. The van der Waals surface area contributed by atoms with Gasteiger partial charge in [-0.15, -0.1) is 11.8 Å². The summed E-state index contributed by atoms with van der Waals surface area (Å²) in [6.07, 6.45) is -1.12. The minimum Gasteiger partial charge on any atom is -0.449 e. The van der Waals surface area contributed by atoms with Crippen molar-refractivity contribution in [3.63, 3.8) is 0 Å². The van der Waals surface area contributed by atoms with Gasteiger partial charge in [-0.2, -0.15) is 0 Å². The summed E-state index contributed by atoms with van der Waals surface area (Å²) in [4.78, 5) is 37.2. The van der Waals surface area contributed by atoms with Gasteiger partial charge in [0.1, 0.15) is 5.82 Å². The molecule has 2 aromatic rings. The number of rotatable bonds is 4. The van der Waals surface area contributed by atoms with Gasteiger partial charge in [0.2, 0.25) is 5.91 Å². The van der Waals surface area contributed by atoms with Crippen molar-refractivity contribution in [2.75, 3.05) is 10.6 Å². The fraction of sp³-hybridized carbons (Fsp3) is 0.211. The van der Waals surface area contributed by atoms with E-state index in [1.165, 1.54) is 30.8 Å². The van der Waals surface area contributed by atoms with Crippen molar-refractivity contribution in [2.24, 2.45) is 0 Å². The Balaban J connectivity index is 1.66. The number of esters is 1. The zero-order valence-corrected chi connectivity index (χ0v) is 16.5. The number of amides is 2. The summed E-state index contributed by atoms with van der Waals surface area (Å²) < 4.78 is 18.3. The smallest absolute Gasteiger partial charge is 0.338 e. The van der Waals surface area contributed by atoms with Crippen LogP contribution in [0.5, 0.6) is 0 Å². The lowest BCUT2D eigenvalue weighted by molar-refractivity contribution is -0.123. The van der Waals surface area contributed by atoms with Gasteiger partial charge in [-0.25, -0.2) is 9.18 Å². The molecule has 0 saturated heterocycles. The van der Waals surface area contributed by atoms with Crippen molar-refractivity contribution in [2.45, 2.75) is 30.1 Å². The van der Waals surface area contributed by atoms with E-state index >= 15 is 0 Å². The summed E-state index contributed by atoms with van der Waals surface area (Å²) in [5.74, 6) is -2.01. The zero-order valence-electron chi connectivity index (χ0n) is 14.9. The minimum absolute atomic E-state index is 0.0315. The molecule has 28 heavy (non-hydrogen) atoms. The number of thioether (sulfide) groups is 1. The largest absolute Gasteiger partial charge is 0.449 e. The van der Waals surface area contributed by atoms with Gasteiger partial charge >= 0.3 is 5.97 Å². The lowest BCUT2D eigenvalue weighted by Gasteiger charge is -2.22. The Kier molecular flexibility index (Phi) is 5.90. The number of halogens is 2. The number of hydrogen-bond acceptors (Lipinski definition) is 5. The number of ether oxygens (including phenoxy) is 1. The van der Waals surface area contributed by atoms with E-state index in [0.29, 0.717) is 5.69 Å². The van der Waals surface area contributed by atoms with Gasteiger partial charge in [0.25, 0.3) is 5.91 Å². The first kappa shape index (κ1) is 20.2. The van der Waals surface area contributed by atoms with E-state index in [1.807, 2.05) is 0 Å². The highest BCUT2D eigenvalue weighted by atomic mass is 35.5. The van der Waals surface area contributed by atoms with Crippen molar-refractivity contribution in [3.8, 4) is 0 Å². The fourth-order valence-electron chi connectivity index (χ4n) is 2.44. The number of carbonyl (C=O) groups is 3. The van der Waals surface area contributed by atoms with E-state index in [4.69, 9.17) is 16.3 Å². The van der Waals surface area contributed by atoms with Gasteiger partial charge < -0.3 is 15.4 Å².